The molecule has 0 amide bonds. The molecule has 1 aliphatic carbocycles. The maximum Gasteiger partial charge on any atom is 0.343 e. The summed E-state index contributed by atoms with van der Waals surface area (Å²) in [6.07, 6.45) is 4.49. The van der Waals surface area contributed by atoms with E-state index in [4.69, 9.17) is 9.47 Å². The van der Waals surface area contributed by atoms with Crippen LogP contribution in [0, 0.1) is 5.92 Å². The largest absolute Gasteiger partial charge is 0.348 e. The maximum atomic E-state index is 12.1. The quantitative estimate of drug-likeness (QED) is 0.932. The summed E-state index contributed by atoms with van der Waals surface area (Å²) in [5.74, 6) is 0.834. The SMILES string of the molecule is O=c1[nH]c(Cc2ccccc2)nn1CC1CCC2(CC1)OCCO2. The Labute approximate surface area is 140 Å². The molecule has 2 heterocycles. The molecule has 128 valence electrons. The second-order valence-corrected chi connectivity index (χ2v) is 6.77. The summed E-state index contributed by atoms with van der Waals surface area (Å²) in [5.41, 5.74) is 1.03. The number of H-pyrrole nitrogens is 1. The number of aromatic nitrogens is 3. The van der Waals surface area contributed by atoms with Crippen molar-refractivity contribution in [2.75, 3.05) is 13.2 Å². The highest BCUT2D eigenvalue weighted by atomic mass is 16.7. The van der Waals surface area contributed by atoms with Gasteiger partial charge in [-0.2, -0.15) is 5.10 Å². The molecule has 1 saturated carbocycles. The summed E-state index contributed by atoms with van der Waals surface area (Å²) in [5, 5.41) is 4.47. The Morgan fingerprint density at radius 1 is 1.17 bits per heavy atom. The molecule has 1 aliphatic heterocycles. The van der Waals surface area contributed by atoms with E-state index in [9.17, 15) is 4.79 Å². The van der Waals surface area contributed by atoms with Gasteiger partial charge < -0.3 is 9.47 Å². The standard InChI is InChI=1S/C18H23N3O3/c22-17-19-16(12-14-4-2-1-3-5-14)20-21(17)13-15-6-8-18(9-7-15)23-10-11-24-18/h1-5,15H,6-13H2,(H,19,20,22). The Bertz CT molecular complexity index is 721. The first-order valence-corrected chi connectivity index (χ1v) is 8.70. The number of rotatable bonds is 4. The van der Waals surface area contributed by atoms with Crippen LogP contribution < -0.4 is 5.69 Å². The summed E-state index contributed by atoms with van der Waals surface area (Å²) >= 11 is 0. The van der Waals surface area contributed by atoms with Gasteiger partial charge in [-0.3, -0.25) is 4.98 Å². The maximum absolute atomic E-state index is 12.1. The average molecular weight is 329 g/mol. The van der Waals surface area contributed by atoms with E-state index in [0.29, 0.717) is 32.1 Å². The summed E-state index contributed by atoms with van der Waals surface area (Å²) in [6, 6.07) is 10.1. The molecule has 6 heteroatoms. The predicted octanol–water partition coefficient (Wildman–Crippen LogP) is 2.10. The van der Waals surface area contributed by atoms with Gasteiger partial charge in [-0.25, -0.2) is 9.48 Å². The van der Waals surface area contributed by atoms with Crippen molar-refractivity contribution in [1.29, 1.82) is 0 Å². The molecule has 2 aromatic rings. The van der Waals surface area contributed by atoms with Crippen molar-refractivity contribution in [2.45, 2.75) is 44.4 Å². The molecule has 1 saturated heterocycles. The van der Waals surface area contributed by atoms with E-state index in [0.717, 1.165) is 37.1 Å². The third-order valence-corrected chi connectivity index (χ3v) is 5.05. The number of nitrogens with one attached hydrogen (secondary N) is 1. The summed E-state index contributed by atoms with van der Waals surface area (Å²) in [4.78, 5) is 15.0. The van der Waals surface area contributed by atoms with Gasteiger partial charge in [0.15, 0.2) is 5.79 Å². The number of benzene rings is 1. The second-order valence-electron chi connectivity index (χ2n) is 6.77. The van der Waals surface area contributed by atoms with Crippen LogP contribution in [-0.4, -0.2) is 33.8 Å². The number of aromatic amines is 1. The number of hydrogen-bond donors (Lipinski definition) is 1. The van der Waals surface area contributed by atoms with Crippen LogP contribution >= 0.6 is 0 Å². The molecular weight excluding hydrogens is 306 g/mol. The van der Waals surface area contributed by atoms with Gasteiger partial charge in [-0.05, 0) is 24.3 Å². The zero-order chi connectivity index (χ0) is 16.4. The van der Waals surface area contributed by atoms with Crippen LogP contribution in [-0.2, 0) is 22.4 Å². The first-order valence-electron chi connectivity index (χ1n) is 8.70. The van der Waals surface area contributed by atoms with Crippen LogP contribution in [0.1, 0.15) is 37.1 Å². The molecule has 1 spiro atoms. The zero-order valence-electron chi connectivity index (χ0n) is 13.7. The highest BCUT2D eigenvalue weighted by Gasteiger charge is 2.40. The Morgan fingerprint density at radius 2 is 1.88 bits per heavy atom. The minimum Gasteiger partial charge on any atom is -0.348 e. The molecule has 4 rings (SSSR count). The Morgan fingerprint density at radius 3 is 2.58 bits per heavy atom. The van der Waals surface area contributed by atoms with Crippen LogP contribution in [0.5, 0.6) is 0 Å². The van der Waals surface area contributed by atoms with Gasteiger partial charge >= 0.3 is 5.69 Å². The molecule has 1 aromatic heterocycles. The second kappa shape index (κ2) is 6.53. The summed E-state index contributed by atoms with van der Waals surface area (Å²) in [7, 11) is 0. The van der Waals surface area contributed by atoms with E-state index in [-0.39, 0.29) is 11.5 Å². The molecule has 24 heavy (non-hydrogen) atoms. The third kappa shape index (κ3) is 3.30. The summed E-state index contributed by atoms with van der Waals surface area (Å²) in [6.45, 7) is 2.07. The fraction of sp³-hybridized carbons (Fsp3) is 0.556. The first kappa shape index (κ1) is 15.6. The third-order valence-electron chi connectivity index (χ3n) is 5.05. The van der Waals surface area contributed by atoms with Gasteiger partial charge in [-0.1, -0.05) is 30.3 Å². The highest BCUT2D eigenvalue weighted by Crippen LogP contribution is 2.38. The van der Waals surface area contributed by atoms with E-state index in [2.05, 4.69) is 10.1 Å². The predicted molar refractivity (Wildman–Crippen MR) is 88.7 cm³/mol. The van der Waals surface area contributed by atoms with Gasteiger partial charge in [0.05, 0.1) is 13.2 Å². The fourth-order valence-electron chi connectivity index (χ4n) is 3.73. The topological polar surface area (TPSA) is 69.1 Å². The van der Waals surface area contributed by atoms with Crippen LogP contribution in [0.4, 0.5) is 0 Å². The Kier molecular flexibility index (Phi) is 4.24. The van der Waals surface area contributed by atoms with Crippen molar-refractivity contribution in [2.24, 2.45) is 5.92 Å². The minimum absolute atomic E-state index is 0.116. The van der Waals surface area contributed by atoms with Gasteiger partial charge in [0.25, 0.3) is 0 Å². The molecule has 1 aromatic carbocycles. The van der Waals surface area contributed by atoms with E-state index in [1.165, 1.54) is 0 Å². The number of hydrogen-bond acceptors (Lipinski definition) is 4. The lowest BCUT2D eigenvalue weighted by atomic mass is 9.85. The van der Waals surface area contributed by atoms with Crippen molar-refractivity contribution in [1.82, 2.24) is 14.8 Å². The first-order chi connectivity index (χ1) is 11.7. The van der Waals surface area contributed by atoms with Gasteiger partial charge in [0.2, 0.25) is 0 Å². The van der Waals surface area contributed by atoms with Crippen molar-refractivity contribution < 1.29 is 9.47 Å². The zero-order valence-corrected chi connectivity index (χ0v) is 13.7. The number of ether oxygens (including phenoxy) is 2. The van der Waals surface area contributed by atoms with Crippen molar-refractivity contribution in [3.05, 3.63) is 52.2 Å². The monoisotopic (exact) mass is 329 g/mol. The van der Waals surface area contributed by atoms with Crippen molar-refractivity contribution in [3.8, 4) is 0 Å². The highest BCUT2D eigenvalue weighted by molar-refractivity contribution is 5.18. The fourth-order valence-corrected chi connectivity index (χ4v) is 3.73. The molecule has 2 aliphatic rings. The Hall–Kier alpha value is -1.92. The van der Waals surface area contributed by atoms with E-state index < -0.39 is 0 Å². The van der Waals surface area contributed by atoms with Crippen molar-refractivity contribution in [3.63, 3.8) is 0 Å². The molecule has 0 unspecified atom stereocenters. The van der Waals surface area contributed by atoms with E-state index >= 15 is 0 Å². The van der Waals surface area contributed by atoms with Crippen LogP contribution in [0.15, 0.2) is 35.1 Å². The molecule has 2 fully saturated rings. The smallest absolute Gasteiger partial charge is 0.343 e. The normalized spacial score (nSPS) is 20.7. The molecular formula is C18H23N3O3. The van der Waals surface area contributed by atoms with E-state index in [1.807, 2.05) is 30.3 Å². The number of nitrogens with zero attached hydrogens (tertiary/aromatic N) is 2. The Balaban J connectivity index is 1.38. The molecule has 1 N–H and O–H groups in total. The lowest BCUT2D eigenvalue weighted by molar-refractivity contribution is -0.183. The van der Waals surface area contributed by atoms with Gasteiger partial charge in [-0.15, -0.1) is 0 Å². The van der Waals surface area contributed by atoms with Crippen LogP contribution in [0.25, 0.3) is 0 Å². The minimum atomic E-state index is -0.342. The summed E-state index contributed by atoms with van der Waals surface area (Å²) < 4.78 is 13.1. The van der Waals surface area contributed by atoms with Crippen LogP contribution in [0.2, 0.25) is 0 Å². The van der Waals surface area contributed by atoms with Crippen LogP contribution in [0.3, 0.4) is 0 Å². The average Bonchev–Trinajstić information content (AvgIpc) is 3.18. The molecule has 6 nitrogen and oxygen atoms in total. The lowest BCUT2D eigenvalue weighted by Gasteiger charge is -2.35. The lowest BCUT2D eigenvalue weighted by Crippen LogP contribution is -2.37. The molecule has 0 bridgehead atoms. The van der Waals surface area contributed by atoms with Gasteiger partial charge in [0.1, 0.15) is 5.82 Å². The molecule has 0 radical (unpaired) electrons. The van der Waals surface area contributed by atoms with E-state index in [1.54, 1.807) is 4.68 Å². The molecule has 0 atom stereocenters. The van der Waals surface area contributed by atoms with Gasteiger partial charge in [0, 0.05) is 25.8 Å². The van der Waals surface area contributed by atoms with Crippen molar-refractivity contribution >= 4 is 0 Å².